The highest BCUT2D eigenvalue weighted by molar-refractivity contribution is 6.11. The van der Waals surface area contributed by atoms with Crippen LogP contribution >= 0.6 is 0 Å². The summed E-state index contributed by atoms with van der Waals surface area (Å²) in [7, 11) is 1.64. The molecule has 0 saturated heterocycles. The van der Waals surface area contributed by atoms with Crippen molar-refractivity contribution in [2.24, 2.45) is 0 Å². The highest BCUT2D eigenvalue weighted by Crippen LogP contribution is 2.43. The van der Waals surface area contributed by atoms with E-state index in [0.717, 1.165) is 32.7 Å². The number of ether oxygens (including phenoxy) is 1. The van der Waals surface area contributed by atoms with Crippen molar-refractivity contribution in [2.45, 2.75) is 6.92 Å². The van der Waals surface area contributed by atoms with Gasteiger partial charge in [0.2, 0.25) is 0 Å². The lowest BCUT2D eigenvalue weighted by Crippen LogP contribution is -1.97. The van der Waals surface area contributed by atoms with Crippen LogP contribution in [-0.4, -0.2) is 18.0 Å². The minimum Gasteiger partial charge on any atom is -0.507 e. The molecule has 3 nitrogen and oxygen atoms in total. The van der Waals surface area contributed by atoms with Gasteiger partial charge in [0.1, 0.15) is 11.5 Å². The van der Waals surface area contributed by atoms with Crippen LogP contribution in [0, 0.1) is 0 Å². The lowest BCUT2D eigenvalue weighted by Gasteiger charge is -2.18. The fourth-order valence-electron chi connectivity index (χ4n) is 3.70. The molecule has 0 aromatic heterocycles. The van der Waals surface area contributed by atoms with Crippen molar-refractivity contribution in [3.8, 4) is 16.9 Å². The van der Waals surface area contributed by atoms with E-state index >= 15 is 0 Å². The highest BCUT2D eigenvalue weighted by atomic mass is 16.5. The summed E-state index contributed by atoms with van der Waals surface area (Å²) in [5, 5.41) is 14.9. The number of fused-ring (bicyclic) bond motifs is 2. The molecular formula is C25H20O3. The van der Waals surface area contributed by atoms with Gasteiger partial charge in [-0.15, -0.1) is 0 Å². The predicted octanol–water partition coefficient (Wildman–Crippen LogP) is 6.16. The molecule has 0 aliphatic heterocycles. The van der Waals surface area contributed by atoms with Crippen molar-refractivity contribution in [1.82, 2.24) is 0 Å². The summed E-state index contributed by atoms with van der Waals surface area (Å²) in [6.07, 6.45) is 1.26. The quantitative estimate of drug-likeness (QED) is 0.347. The number of aliphatic hydroxyl groups excluding tert-OH is 1. The Labute approximate surface area is 163 Å². The van der Waals surface area contributed by atoms with E-state index in [1.165, 1.54) is 13.0 Å². The van der Waals surface area contributed by atoms with Gasteiger partial charge in [-0.2, -0.15) is 0 Å². The average Bonchev–Trinajstić information content (AvgIpc) is 2.71. The van der Waals surface area contributed by atoms with E-state index in [9.17, 15) is 9.90 Å². The van der Waals surface area contributed by atoms with Crippen LogP contribution in [0.25, 0.3) is 38.4 Å². The maximum Gasteiger partial charge on any atom is 0.156 e. The number of ketones is 1. The maximum atomic E-state index is 11.6. The Kier molecular flexibility index (Phi) is 4.58. The van der Waals surface area contributed by atoms with E-state index in [-0.39, 0.29) is 11.5 Å². The van der Waals surface area contributed by atoms with Crippen LogP contribution in [0.3, 0.4) is 0 Å². The number of hydrogen-bond donors (Lipinski definition) is 1. The first-order valence-corrected chi connectivity index (χ1v) is 9.09. The highest BCUT2D eigenvalue weighted by Gasteiger charge is 2.19. The number of rotatable bonds is 4. The monoisotopic (exact) mass is 368 g/mol. The topological polar surface area (TPSA) is 46.5 Å². The first-order valence-electron chi connectivity index (χ1n) is 9.09. The van der Waals surface area contributed by atoms with E-state index in [0.29, 0.717) is 11.3 Å². The molecule has 3 heteroatoms. The van der Waals surface area contributed by atoms with Gasteiger partial charge in [-0.25, -0.2) is 0 Å². The Hall–Kier alpha value is -3.59. The lowest BCUT2D eigenvalue weighted by molar-refractivity contribution is -0.112. The van der Waals surface area contributed by atoms with Crippen LogP contribution in [0.4, 0.5) is 0 Å². The van der Waals surface area contributed by atoms with Crippen molar-refractivity contribution in [2.75, 3.05) is 7.11 Å². The number of aliphatic hydroxyl groups is 1. The Morgan fingerprint density at radius 2 is 1.39 bits per heavy atom. The molecule has 0 unspecified atom stereocenters. The van der Waals surface area contributed by atoms with Crippen LogP contribution in [0.5, 0.6) is 5.75 Å². The predicted molar refractivity (Wildman–Crippen MR) is 115 cm³/mol. The Morgan fingerprint density at radius 3 is 2.00 bits per heavy atom. The maximum absolute atomic E-state index is 11.6. The molecule has 0 aliphatic carbocycles. The van der Waals surface area contributed by atoms with Crippen LogP contribution in [0.15, 0.2) is 78.9 Å². The molecule has 4 rings (SSSR count). The van der Waals surface area contributed by atoms with E-state index in [1.54, 1.807) is 7.11 Å². The van der Waals surface area contributed by atoms with Gasteiger partial charge in [-0.05, 0) is 40.6 Å². The second-order valence-corrected chi connectivity index (χ2v) is 6.71. The van der Waals surface area contributed by atoms with E-state index in [2.05, 4.69) is 0 Å². The number of hydrogen-bond acceptors (Lipinski definition) is 3. The SMILES string of the molecule is COc1ccc2ccccc2c1-c1c(C(O)=CC(C)=O)ccc2ccccc12. The van der Waals surface area contributed by atoms with E-state index < -0.39 is 0 Å². The summed E-state index contributed by atoms with van der Waals surface area (Å²) in [5.41, 5.74) is 2.35. The number of allylic oxidation sites excluding steroid dienone is 1. The summed E-state index contributed by atoms with van der Waals surface area (Å²) < 4.78 is 5.70. The fourth-order valence-corrected chi connectivity index (χ4v) is 3.70. The molecule has 0 atom stereocenters. The lowest BCUT2D eigenvalue weighted by atomic mass is 9.88. The minimum absolute atomic E-state index is 0.0526. The van der Waals surface area contributed by atoms with Gasteiger partial charge in [0.25, 0.3) is 0 Å². The third-order valence-corrected chi connectivity index (χ3v) is 4.91. The third-order valence-electron chi connectivity index (χ3n) is 4.91. The summed E-state index contributed by atoms with van der Waals surface area (Å²) in [4.78, 5) is 11.6. The van der Waals surface area contributed by atoms with Crippen molar-refractivity contribution >= 4 is 33.1 Å². The molecule has 0 spiro atoms. The van der Waals surface area contributed by atoms with Crippen LogP contribution in [0.1, 0.15) is 12.5 Å². The van der Waals surface area contributed by atoms with Gasteiger partial charge in [0.05, 0.1) is 7.11 Å². The summed E-state index contributed by atoms with van der Waals surface area (Å²) in [6, 6.07) is 23.9. The van der Waals surface area contributed by atoms with E-state index in [4.69, 9.17) is 4.74 Å². The largest absolute Gasteiger partial charge is 0.507 e. The molecule has 0 bridgehead atoms. The molecule has 0 saturated carbocycles. The Morgan fingerprint density at radius 1 is 0.821 bits per heavy atom. The molecule has 4 aromatic rings. The third kappa shape index (κ3) is 3.01. The molecule has 138 valence electrons. The van der Waals surface area contributed by atoms with Crippen molar-refractivity contribution < 1.29 is 14.6 Å². The van der Waals surface area contributed by atoms with Crippen molar-refractivity contribution in [1.29, 1.82) is 0 Å². The molecule has 0 heterocycles. The standard InChI is InChI=1S/C25H20O3/c1-16(26)15-22(27)21-13-11-17-7-3-5-9-19(17)24(21)25-20-10-6-4-8-18(20)12-14-23(25)28-2/h3-15,27H,1-2H3. The molecule has 0 fully saturated rings. The number of carbonyl (C=O) groups is 1. The smallest absolute Gasteiger partial charge is 0.156 e. The molecule has 0 aliphatic rings. The number of carbonyl (C=O) groups excluding carboxylic acids is 1. The van der Waals surface area contributed by atoms with Crippen LogP contribution < -0.4 is 4.74 Å². The molecule has 4 aromatic carbocycles. The average molecular weight is 368 g/mol. The summed E-state index contributed by atoms with van der Waals surface area (Å²) in [6.45, 7) is 1.43. The summed E-state index contributed by atoms with van der Waals surface area (Å²) in [5.74, 6) is 0.455. The molecule has 28 heavy (non-hydrogen) atoms. The first kappa shape index (κ1) is 17.8. The number of benzene rings is 4. The Bertz CT molecular complexity index is 1240. The van der Waals surface area contributed by atoms with Gasteiger partial charge >= 0.3 is 0 Å². The fraction of sp³-hybridized carbons (Fsp3) is 0.0800. The second kappa shape index (κ2) is 7.20. The number of methoxy groups -OCH3 is 1. The van der Waals surface area contributed by atoms with Gasteiger partial charge < -0.3 is 9.84 Å². The zero-order valence-electron chi connectivity index (χ0n) is 15.8. The zero-order chi connectivity index (χ0) is 19.7. The normalized spacial score (nSPS) is 11.7. The van der Waals surface area contributed by atoms with Gasteiger partial charge in [-0.3, -0.25) is 4.79 Å². The Balaban J connectivity index is 2.20. The molecular weight excluding hydrogens is 348 g/mol. The van der Waals surface area contributed by atoms with Crippen molar-refractivity contribution in [3.63, 3.8) is 0 Å². The second-order valence-electron chi connectivity index (χ2n) is 6.71. The van der Waals surface area contributed by atoms with Crippen molar-refractivity contribution in [3.05, 3.63) is 84.4 Å². The van der Waals surface area contributed by atoms with Crippen LogP contribution in [-0.2, 0) is 4.79 Å². The molecule has 0 radical (unpaired) electrons. The zero-order valence-corrected chi connectivity index (χ0v) is 15.8. The summed E-state index contributed by atoms with van der Waals surface area (Å²) >= 11 is 0. The minimum atomic E-state index is -0.207. The van der Waals surface area contributed by atoms with E-state index in [1.807, 2.05) is 72.8 Å². The molecule has 1 N–H and O–H groups in total. The first-order chi connectivity index (χ1) is 13.6. The van der Waals surface area contributed by atoms with Crippen LogP contribution in [0.2, 0.25) is 0 Å². The molecule has 0 amide bonds. The van der Waals surface area contributed by atoms with Gasteiger partial charge in [-0.1, -0.05) is 60.7 Å². The van der Waals surface area contributed by atoms with Gasteiger partial charge in [0.15, 0.2) is 5.78 Å². The van der Waals surface area contributed by atoms with Gasteiger partial charge in [0, 0.05) is 22.8 Å².